The van der Waals surface area contributed by atoms with Crippen LogP contribution in [0.15, 0.2) is 41.1 Å². The summed E-state index contributed by atoms with van der Waals surface area (Å²) in [6.45, 7) is 3.40. The zero-order chi connectivity index (χ0) is 16.1. The lowest BCUT2D eigenvalue weighted by atomic mass is 10.00. The Morgan fingerprint density at radius 1 is 1.30 bits per heavy atom. The summed E-state index contributed by atoms with van der Waals surface area (Å²) in [6.07, 6.45) is 6.09. The lowest BCUT2D eigenvalue weighted by Crippen LogP contribution is -2.45. The highest BCUT2D eigenvalue weighted by Gasteiger charge is 2.24. The predicted molar refractivity (Wildman–Crippen MR) is 90.1 cm³/mol. The highest BCUT2D eigenvalue weighted by molar-refractivity contribution is 5.81. The molecule has 2 aromatic rings. The molecule has 0 radical (unpaired) electrons. The Morgan fingerprint density at radius 2 is 2.13 bits per heavy atom. The Kier molecular flexibility index (Phi) is 4.95. The monoisotopic (exact) mass is 313 g/mol. The van der Waals surface area contributed by atoms with Crippen molar-refractivity contribution >= 4 is 11.6 Å². The van der Waals surface area contributed by atoms with Gasteiger partial charge in [0.2, 0.25) is 5.91 Å². The molecule has 1 saturated heterocycles. The number of rotatable bonds is 5. The Bertz CT molecular complexity index is 622. The van der Waals surface area contributed by atoms with E-state index in [0.717, 1.165) is 42.8 Å². The van der Waals surface area contributed by atoms with Gasteiger partial charge in [0.15, 0.2) is 0 Å². The molecule has 1 unspecified atom stereocenters. The van der Waals surface area contributed by atoms with E-state index in [4.69, 9.17) is 4.52 Å². The van der Waals surface area contributed by atoms with Gasteiger partial charge in [-0.25, -0.2) is 0 Å². The lowest BCUT2D eigenvalue weighted by molar-refractivity contribution is -0.133. The molecule has 1 aromatic carbocycles. The zero-order valence-corrected chi connectivity index (χ0v) is 13.5. The maximum absolute atomic E-state index is 12.4. The fourth-order valence-electron chi connectivity index (χ4n) is 3.15. The van der Waals surface area contributed by atoms with Crippen molar-refractivity contribution in [2.45, 2.75) is 38.6 Å². The number of carbonyl (C=O) groups is 1. The number of anilines is 1. The highest BCUT2D eigenvalue weighted by atomic mass is 16.5. The molecule has 122 valence electrons. The molecule has 1 fully saturated rings. The molecule has 5 heteroatoms. The number of piperidine rings is 1. The molecule has 0 aliphatic carbocycles. The first-order valence-corrected chi connectivity index (χ1v) is 8.32. The van der Waals surface area contributed by atoms with E-state index in [0.29, 0.717) is 12.6 Å². The summed E-state index contributed by atoms with van der Waals surface area (Å²) in [5, 5.41) is 7.14. The summed E-state index contributed by atoms with van der Waals surface area (Å²) < 4.78 is 4.85. The average molecular weight is 313 g/mol. The van der Waals surface area contributed by atoms with Crippen LogP contribution in [0, 0.1) is 0 Å². The van der Waals surface area contributed by atoms with Crippen LogP contribution < -0.4 is 5.32 Å². The van der Waals surface area contributed by atoms with Gasteiger partial charge >= 0.3 is 0 Å². The molecule has 2 heterocycles. The molecule has 1 amide bonds. The van der Waals surface area contributed by atoms with Gasteiger partial charge < -0.3 is 14.7 Å². The molecule has 5 nitrogen and oxygen atoms in total. The second-order valence-corrected chi connectivity index (χ2v) is 5.96. The van der Waals surface area contributed by atoms with Crippen molar-refractivity contribution in [2.24, 2.45) is 0 Å². The molecular formula is C18H23N3O2. The maximum atomic E-state index is 12.4. The van der Waals surface area contributed by atoms with Crippen LogP contribution in [0.3, 0.4) is 0 Å². The summed E-state index contributed by atoms with van der Waals surface area (Å²) in [4.78, 5) is 14.5. The van der Waals surface area contributed by atoms with Crippen molar-refractivity contribution in [1.29, 1.82) is 0 Å². The molecule has 1 aliphatic rings. The molecule has 3 rings (SSSR count). The minimum Gasteiger partial charge on any atom is -0.376 e. The molecule has 0 bridgehead atoms. The van der Waals surface area contributed by atoms with Crippen LogP contribution in [-0.2, 0) is 4.79 Å². The lowest BCUT2D eigenvalue weighted by Gasteiger charge is -2.35. The Hall–Kier alpha value is -2.30. The van der Waals surface area contributed by atoms with E-state index in [9.17, 15) is 4.79 Å². The summed E-state index contributed by atoms with van der Waals surface area (Å²) in [6, 6.07) is 10.1. The summed E-state index contributed by atoms with van der Waals surface area (Å²) >= 11 is 0. The minimum absolute atomic E-state index is 0.192. The fourth-order valence-corrected chi connectivity index (χ4v) is 3.15. The maximum Gasteiger partial charge on any atom is 0.242 e. The van der Waals surface area contributed by atoms with E-state index in [-0.39, 0.29) is 5.91 Å². The van der Waals surface area contributed by atoms with Crippen molar-refractivity contribution in [3.63, 3.8) is 0 Å². The first-order chi connectivity index (χ1) is 11.3. The second-order valence-electron chi connectivity index (χ2n) is 5.96. The van der Waals surface area contributed by atoms with Gasteiger partial charge in [-0.3, -0.25) is 4.79 Å². The van der Waals surface area contributed by atoms with Gasteiger partial charge in [-0.1, -0.05) is 24.2 Å². The predicted octanol–water partition coefficient (Wildman–Crippen LogP) is 3.54. The molecule has 23 heavy (non-hydrogen) atoms. The van der Waals surface area contributed by atoms with E-state index < -0.39 is 0 Å². The standard InChI is InChI=1S/C18H23N3O2/c1-2-16-5-3-4-11-21(16)18(22)13-19-15-8-6-14(7-9-15)17-10-12-23-20-17/h6-10,12,16,19H,2-5,11,13H2,1H3. The van der Waals surface area contributed by atoms with Crippen LogP contribution in [0.4, 0.5) is 5.69 Å². The number of nitrogens with zero attached hydrogens (tertiary/aromatic N) is 2. The van der Waals surface area contributed by atoms with Crippen LogP contribution in [0.25, 0.3) is 11.3 Å². The van der Waals surface area contributed by atoms with Gasteiger partial charge in [-0.2, -0.15) is 0 Å². The van der Waals surface area contributed by atoms with E-state index >= 15 is 0 Å². The minimum atomic E-state index is 0.192. The molecule has 1 N–H and O–H groups in total. The molecule has 0 spiro atoms. The highest BCUT2D eigenvalue weighted by Crippen LogP contribution is 2.21. The molecular weight excluding hydrogens is 290 g/mol. The summed E-state index contributed by atoms with van der Waals surface area (Å²) in [5.41, 5.74) is 2.75. The van der Waals surface area contributed by atoms with Crippen molar-refractivity contribution in [3.8, 4) is 11.3 Å². The van der Waals surface area contributed by atoms with Gasteiger partial charge in [0.05, 0.1) is 6.54 Å². The first-order valence-electron chi connectivity index (χ1n) is 8.32. The van der Waals surface area contributed by atoms with Gasteiger partial charge in [0, 0.05) is 29.9 Å². The summed E-state index contributed by atoms with van der Waals surface area (Å²) in [5.74, 6) is 0.192. The van der Waals surface area contributed by atoms with E-state index in [1.807, 2.05) is 35.2 Å². The first kappa shape index (κ1) is 15.6. The van der Waals surface area contributed by atoms with Crippen LogP contribution in [0.1, 0.15) is 32.6 Å². The number of benzene rings is 1. The molecule has 0 saturated carbocycles. The quantitative estimate of drug-likeness (QED) is 0.917. The number of nitrogens with one attached hydrogen (secondary N) is 1. The third kappa shape index (κ3) is 3.73. The van der Waals surface area contributed by atoms with E-state index in [2.05, 4.69) is 17.4 Å². The Morgan fingerprint density at radius 3 is 2.83 bits per heavy atom. The zero-order valence-electron chi connectivity index (χ0n) is 13.5. The number of amides is 1. The van der Waals surface area contributed by atoms with Gasteiger partial charge in [-0.05, 0) is 37.8 Å². The Labute approximate surface area is 136 Å². The smallest absolute Gasteiger partial charge is 0.242 e. The van der Waals surface area contributed by atoms with Crippen molar-refractivity contribution in [1.82, 2.24) is 10.1 Å². The molecule has 1 aromatic heterocycles. The average Bonchev–Trinajstić information content (AvgIpc) is 3.14. The third-order valence-electron chi connectivity index (χ3n) is 4.48. The number of aromatic nitrogens is 1. The van der Waals surface area contributed by atoms with Crippen LogP contribution in [-0.4, -0.2) is 35.1 Å². The topological polar surface area (TPSA) is 58.4 Å². The number of likely N-dealkylation sites (tertiary alicyclic amines) is 1. The molecule has 1 aliphatic heterocycles. The number of hydrogen-bond acceptors (Lipinski definition) is 4. The molecule has 1 atom stereocenters. The fraction of sp³-hybridized carbons (Fsp3) is 0.444. The van der Waals surface area contributed by atoms with E-state index in [1.165, 1.54) is 6.42 Å². The largest absolute Gasteiger partial charge is 0.376 e. The Balaban J connectivity index is 1.56. The van der Waals surface area contributed by atoms with Gasteiger partial charge in [0.1, 0.15) is 12.0 Å². The van der Waals surface area contributed by atoms with Crippen molar-refractivity contribution in [2.75, 3.05) is 18.4 Å². The SMILES string of the molecule is CCC1CCCCN1C(=O)CNc1ccc(-c2ccon2)cc1. The van der Waals surface area contributed by atoms with E-state index in [1.54, 1.807) is 6.26 Å². The van der Waals surface area contributed by atoms with Crippen LogP contribution >= 0.6 is 0 Å². The van der Waals surface area contributed by atoms with Gasteiger partial charge in [0.25, 0.3) is 0 Å². The normalized spacial score (nSPS) is 18.0. The second kappa shape index (κ2) is 7.31. The third-order valence-corrected chi connectivity index (χ3v) is 4.48. The van der Waals surface area contributed by atoms with Crippen molar-refractivity contribution < 1.29 is 9.32 Å². The van der Waals surface area contributed by atoms with Crippen molar-refractivity contribution in [3.05, 3.63) is 36.6 Å². The number of hydrogen-bond donors (Lipinski definition) is 1. The summed E-state index contributed by atoms with van der Waals surface area (Å²) in [7, 11) is 0. The van der Waals surface area contributed by atoms with Crippen LogP contribution in [0.5, 0.6) is 0 Å². The van der Waals surface area contributed by atoms with Gasteiger partial charge in [-0.15, -0.1) is 0 Å². The van der Waals surface area contributed by atoms with Crippen LogP contribution in [0.2, 0.25) is 0 Å². The number of carbonyl (C=O) groups excluding carboxylic acids is 1.